The number of aryl methyl sites for hydroxylation is 1. The van der Waals surface area contributed by atoms with E-state index in [4.69, 9.17) is 5.73 Å². The number of halogens is 4. The van der Waals surface area contributed by atoms with Gasteiger partial charge in [-0.2, -0.15) is 0 Å². The minimum Gasteiger partial charge on any atom is -0.406 e. The van der Waals surface area contributed by atoms with Gasteiger partial charge in [-0.25, -0.2) is 0 Å². The molecule has 1 aromatic rings. The molecule has 2 aliphatic carbocycles. The number of benzene rings is 1. The number of carbonyl (C=O) groups is 1. The zero-order chi connectivity index (χ0) is 18.7. The number of hydrogen-bond acceptors (Lipinski definition) is 3. The van der Waals surface area contributed by atoms with Gasteiger partial charge in [0.25, 0.3) is 0 Å². The number of rotatable bonds is 5. The Labute approximate surface area is 163 Å². The Morgan fingerprint density at radius 3 is 2.44 bits per heavy atom. The van der Waals surface area contributed by atoms with Crippen molar-refractivity contribution < 1.29 is 22.7 Å². The van der Waals surface area contributed by atoms with E-state index < -0.39 is 6.36 Å². The molecule has 0 saturated heterocycles. The lowest BCUT2D eigenvalue weighted by Crippen LogP contribution is -2.53. The van der Waals surface area contributed by atoms with Crippen molar-refractivity contribution in [1.82, 2.24) is 5.32 Å². The average molecular weight is 407 g/mol. The molecule has 2 saturated carbocycles. The van der Waals surface area contributed by atoms with Crippen molar-refractivity contribution in [2.24, 2.45) is 17.6 Å². The van der Waals surface area contributed by atoms with Crippen LogP contribution >= 0.6 is 12.4 Å². The molecule has 2 unspecified atom stereocenters. The minimum atomic E-state index is -4.74. The second kappa shape index (κ2) is 9.15. The maximum atomic E-state index is 12.5. The first-order chi connectivity index (χ1) is 12.3. The van der Waals surface area contributed by atoms with Gasteiger partial charge in [0, 0.05) is 18.5 Å². The van der Waals surface area contributed by atoms with Crippen LogP contribution in [0, 0.1) is 11.8 Å². The van der Waals surface area contributed by atoms with E-state index in [-0.39, 0.29) is 49.0 Å². The van der Waals surface area contributed by atoms with E-state index in [1.54, 1.807) is 12.1 Å². The molecule has 27 heavy (non-hydrogen) atoms. The lowest BCUT2D eigenvalue weighted by atomic mass is 9.67. The molecule has 0 spiro atoms. The summed E-state index contributed by atoms with van der Waals surface area (Å²) in [4.78, 5) is 12.4. The first kappa shape index (κ1) is 21.8. The Bertz CT molecular complexity index is 628. The maximum absolute atomic E-state index is 12.5. The molecule has 2 bridgehead atoms. The summed E-state index contributed by atoms with van der Waals surface area (Å²) in [6, 6.07) is 6.32. The summed E-state index contributed by atoms with van der Waals surface area (Å²) in [7, 11) is 0. The molecule has 1 aromatic carbocycles. The van der Waals surface area contributed by atoms with Gasteiger partial charge in [-0.05, 0) is 55.6 Å². The van der Waals surface area contributed by atoms with Gasteiger partial charge in [0.15, 0.2) is 0 Å². The molecular formula is C19H26ClF3N2O2. The molecule has 8 heteroatoms. The summed E-state index contributed by atoms with van der Waals surface area (Å²) in [6.45, 7) is 0. The summed E-state index contributed by atoms with van der Waals surface area (Å²) < 4.78 is 41.5. The molecule has 2 aliphatic rings. The summed E-state index contributed by atoms with van der Waals surface area (Å²) >= 11 is 0. The second-order valence-corrected chi connectivity index (χ2v) is 7.43. The average Bonchev–Trinajstić information content (AvgIpc) is 2.53. The zero-order valence-corrected chi connectivity index (χ0v) is 15.8. The number of amides is 1. The maximum Gasteiger partial charge on any atom is 0.573 e. The fraction of sp³-hybridized carbons (Fsp3) is 0.632. The van der Waals surface area contributed by atoms with Crippen molar-refractivity contribution in [2.45, 2.75) is 63.4 Å². The molecule has 0 radical (unpaired) electrons. The SMILES string of the molecule is Cl.NC1CC2CCCC(C1)C2NC(=O)CCc1ccccc1OC(F)(F)F. The van der Waals surface area contributed by atoms with Crippen LogP contribution in [0.25, 0.3) is 0 Å². The Morgan fingerprint density at radius 1 is 1.19 bits per heavy atom. The molecule has 4 nitrogen and oxygen atoms in total. The van der Waals surface area contributed by atoms with E-state index in [9.17, 15) is 18.0 Å². The predicted molar refractivity (Wildman–Crippen MR) is 98.7 cm³/mol. The van der Waals surface area contributed by atoms with Gasteiger partial charge in [0.1, 0.15) is 5.75 Å². The van der Waals surface area contributed by atoms with Crippen molar-refractivity contribution in [3.8, 4) is 5.75 Å². The Kier molecular flexibility index (Phi) is 7.40. The van der Waals surface area contributed by atoms with Crippen molar-refractivity contribution in [3.63, 3.8) is 0 Å². The number of para-hydroxylation sites is 1. The van der Waals surface area contributed by atoms with Crippen LogP contribution in [0.15, 0.2) is 24.3 Å². The fourth-order valence-corrected chi connectivity index (χ4v) is 4.47. The van der Waals surface area contributed by atoms with Crippen LogP contribution in [0.4, 0.5) is 13.2 Å². The van der Waals surface area contributed by atoms with E-state index in [0.29, 0.717) is 17.4 Å². The Hall–Kier alpha value is -1.47. The van der Waals surface area contributed by atoms with Gasteiger partial charge in [-0.3, -0.25) is 4.79 Å². The molecule has 2 atom stereocenters. The van der Waals surface area contributed by atoms with Crippen molar-refractivity contribution >= 4 is 18.3 Å². The standard InChI is InChI=1S/C19H25F3N2O2.ClH/c20-19(21,22)26-16-7-2-1-4-12(16)8-9-17(25)24-18-13-5-3-6-14(18)11-15(23)10-13;/h1-2,4,7,13-15,18H,3,5-6,8-11,23H2,(H,24,25);1H. The molecule has 0 aliphatic heterocycles. The Balaban J connectivity index is 0.00000261. The number of fused-ring (bicyclic) bond motifs is 2. The molecule has 2 fully saturated rings. The van der Waals surface area contributed by atoms with Crippen LogP contribution in [0.5, 0.6) is 5.75 Å². The molecule has 1 amide bonds. The van der Waals surface area contributed by atoms with Crippen LogP contribution in [-0.4, -0.2) is 24.4 Å². The highest BCUT2D eigenvalue weighted by Gasteiger charge is 2.39. The van der Waals surface area contributed by atoms with Crippen molar-refractivity contribution in [3.05, 3.63) is 29.8 Å². The number of hydrogen-bond donors (Lipinski definition) is 2. The molecule has 0 heterocycles. The molecule has 152 valence electrons. The number of nitrogens with one attached hydrogen (secondary N) is 1. The van der Waals surface area contributed by atoms with Crippen LogP contribution < -0.4 is 15.8 Å². The van der Waals surface area contributed by atoms with Gasteiger partial charge in [-0.15, -0.1) is 25.6 Å². The van der Waals surface area contributed by atoms with Gasteiger partial charge < -0.3 is 15.8 Å². The van der Waals surface area contributed by atoms with Crippen molar-refractivity contribution in [2.75, 3.05) is 0 Å². The fourth-order valence-electron chi connectivity index (χ4n) is 4.47. The highest BCUT2D eigenvalue weighted by Crippen LogP contribution is 2.39. The number of carbonyl (C=O) groups excluding carboxylic acids is 1. The second-order valence-electron chi connectivity index (χ2n) is 7.43. The first-order valence-electron chi connectivity index (χ1n) is 9.20. The molecule has 3 N–H and O–H groups in total. The van der Waals surface area contributed by atoms with Gasteiger partial charge in [0.2, 0.25) is 5.91 Å². The van der Waals surface area contributed by atoms with E-state index in [0.717, 1.165) is 25.7 Å². The van der Waals surface area contributed by atoms with Crippen LogP contribution in [0.2, 0.25) is 0 Å². The summed E-state index contributed by atoms with van der Waals surface area (Å²) in [5, 5.41) is 3.12. The first-order valence-corrected chi connectivity index (χ1v) is 9.20. The lowest BCUT2D eigenvalue weighted by Gasteiger charge is -2.45. The minimum absolute atomic E-state index is 0. The monoisotopic (exact) mass is 406 g/mol. The van der Waals surface area contributed by atoms with E-state index in [1.807, 2.05) is 0 Å². The van der Waals surface area contributed by atoms with Gasteiger partial charge in [-0.1, -0.05) is 24.6 Å². The third-order valence-corrected chi connectivity index (χ3v) is 5.52. The smallest absolute Gasteiger partial charge is 0.406 e. The summed E-state index contributed by atoms with van der Waals surface area (Å²) in [5.74, 6) is 0.474. The highest BCUT2D eigenvalue weighted by molar-refractivity contribution is 5.85. The number of ether oxygens (including phenoxy) is 1. The predicted octanol–water partition coefficient (Wildman–Crippen LogP) is 3.96. The van der Waals surface area contributed by atoms with E-state index in [1.165, 1.54) is 18.6 Å². The lowest BCUT2D eigenvalue weighted by molar-refractivity contribution is -0.274. The van der Waals surface area contributed by atoms with Crippen LogP contribution in [-0.2, 0) is 11.2 Å². The van der Waals surface area contributed by atoms with Crippen LogP contribution in [0.1, 0.15) is 44.1 Å². The number of alkyl halides is 3. The molecular weight excluding hydrogens is 381 g/mol. The van der Waals surface area contributed by atoms with Gasteiger partial charge >= 0.3 is 6.36 Å². The topological polar surface area (TPSA) is 64.3 Å². The highest BCUT2D eigenvalue weighted by atomic mass is 35.5. The van der Waals surface area contributed by atoms with Crippen molar-refractivity contribution in [1.29, 1.82) is 0 Å². The van der Waals surface area contributed by atoms with Crippen LogP contribution in [0.3, 0.4) is 0 Å². The summed E-state index contributed by atoms with van der Waals surface area (Å²) in [6.07, 6.45) is 0.815. The molecule has 0 aromatic heterocycles. The van der Waals surface area contributed by atoms with Gasteiger partial charge in [0.05, 0.1) is 0 Å². The zero-order valence-electron chi connectivity index (χ0n) is 15.0. The molecule has 3 rings (SSSR count). The van der Waals surface area contributed by atoms with E-state index >= 15 is 0 Å². The van der Waals surface area contributed by atoms with E-state index in [2.05, 4.69) is 10.1 Å². The third-order valence-electron chi connectivity index (χ3n) is 5.52. The third kappa shape index (κ3) is 6.01. The largest absolute Gasteiger partial charge is 0.573 e. The number of nitrogens with two attached hydrogens (primary N) is 1. The Morgan fingerprint density at radius 2 is 1.81 bits per heavy atom. The quantitative estimate of drug-likeness (QED) is 0.777. The summed E-state index contributed by atoms with van der Waals surface area (Å²) in [5.41, 5.74) is 6.48. The normalized spacial score (nSPS) is 27.4.